The average molecular weight is 261 g/mol. The van der Waals surface area contributed by atoms with E-state index in [0.717, 1.165) is 31.9 Å². The van der Waals surface area contributed by atoms with Crippen molar-refractivity contribution >= 4 is 5.69 Å². The highest BCUT2D eigenvalue weighted by Gasteiger charge is 2.17. The molecule has 4 heteroatoms. The van der Waals surface area contributed by atoms with Gasteiger partial charge in [0, 0.05) is 12.2 Å². The second-order valence-electron chi connectivity index (χ2n) is 5.06. The summed E-state index contributed by atoms with van der Waals surface area (Å²) in [7, 11) is 0. The molecule has 2 rings (SSSR count). The fraction of sp³-hybridized carbons (Fsp3) is 0.533. The van der Waals surface area contributed by atoms with Gasteiger partial charge in [0.15, 0.2) is 0 Å². The summed E-state index contributed by atoms with van der Waals surface area (Å²) in [5.74, 6) is 0.204. The topological polar surface area (TPSA) is 39.1 Å². The molecule has 1 aromatic rings. The standard InChI is InChI=1S/C15H20FN3/c1-2-19-7-5-12(6-8-19)11-18-14-4-3-13(10-17)15(16)9-14/h3-4,9,12,18H,2,5-8,11H2,1H3. The van der Waals surface area contributed by atoms with Crippen molar-refractivity contribution in [2.75, 3.05) is 31.5 Å². The maximum atomic E-state index is 13.4. The number of nitrogens with zero attached hydrogens (tertiary/aromatic N) is 2. The van der Waals surface area contributed by atoms with Crippen molar-refractivity contribution in [3.63, 3.8) is 0 Å². The Labute approximate surface area is 114 Å². The second-order valence-corrected chi connectivity index (χ2v) is 5.06. The minimum Gasteiger partial charge on any atom is -0.385 e. The van der Waals surface area contributed by atoms with Crippen LogP contribution < -0.4 is 5.32 Å². The second kappa shape index (κ2) is 6.53. The van der Waals surface area contributed by atoms with E-state index in [1.807, 2.05) is 6.07 Å². The van der Waals surface area contributed by atoms with E-state index in [1.165, 1.54) is 25.0 Å². The van der Waals surface area contributed by atoms with Crippen LogP contribution in [-0.4, -0.2) is 31.1 Å². The Morgan fingerprint density at radius 2 is 2.16 bits per heavy atom. The van der Waals surface area contributed by atoms with Gasteiger partial charge in [-0.2, -0.15) is 5.26 Å². The van der Waals surface area contributed by atoms with Crippen molar-refractivity contribution in [3.8, 4) is 6.07 Å². The van der Waals surface area contributed by atoms with Crippen LogP contribution in [0.2, 0.25) is 0 Å². The van der Waals surface area contributed by atoms with Gasteiger partial charge in [-0.25, -0.2) is 4.39 Å². The Morgan fingerprint density at radius 1 is 1.42 bits per heavy atom. The van der Waals surface area contributed by atoms with Crippen molar-refractivity contribution < 1.29 is 4.39 Å². The molecule has 0 spiro atoms. The van der Waals surface area contributed by atoms with E-state index >= 15 is 0 Å². The van der Waals surface area contributed by atoms with Gasteiger partial charge in [0.25, 0.3) is 0 Å². The van der Waals surface area contributed by atoms with Gasteiger partial charge < -0.3 is 10.2 Å². The van der Waals surface area contributed by atoms with E-state index in [0.29, 0.717) is 5.92 Å². The first-order chi connectivity index (χ1) is 9.22. The first-order valence-corrected chi connectivity index (χ1v) is 6.88. The average Bonchev–Trinajstić information content (AvgIpc) is 2.46. The molecular weight excluding hydrogens is 241 g/mol. The molecule has 1 saturated heterocycles. The van der Waals surface area contributed by atoms with Crippen molar-refractivity contribution in [2.24, 2.45) is 5.92 Å². The Balaban J connectivity index is 1.83. The van der Waals surface area contributed by atoms with E-state index in [4.69, 9.17) is 5.26 Å². The summed E-state index contributed by atoms with van der Waals surface area (Å²) in [6.45, 7) is 6.51. The third kappa shape index (κ3) is 3.68. The van der Waals surface area contributed by atoms with Gasteiger partial charge in [0.2, 0.25) is 0 Å². The molecule has 0 bridgehead atoms. The third-order valence-electron chi connectivity index (χ3n) is 3.84. The van der Waals surface area contributed by atoms with Crippen LogP contribution in [0.5, 0.6) is 0 Å². The molecular formula is C15H20FN3. The predicted octanol–water partition coefficient (Wildman–Crippen LogP) is 2.84. The lowest BCUT2D eigenvalue weighted by atomic mass is 9.97. The number of halogens is 1. The van der Waals surface area contributed by atoms with Crippen LogP contribution in [0, 0.1) is 23.1 Å². The fourth-order valence-corrected chi connectivity index (χ4v) is 2.48. The molecule has 102 valence electrons. The number of hydrogen-bond acceptors (Lipinski definition) is 3. The summed E-state index contributed by atoms with van der Waals surface area (Å²) in [5, 5.41) is 11.9. The molecule has 0 aromatic heterocycles. The Morgan fingerprint density at radius 3 is 2.74 bits per heavy atom. The normalized spacial score (nSPS) is 17.1. The van der Waals surface area contributed by atoms with E-state index < -0.39 is 5.82 Å². The van der Waals surface area contributed by atoms with Crippen LogP contribution in [-0.2, 0) is 0 Å². The number of rotatable bonds is 4. The van der Waals surface area contributed by atoms with Crippen LogP contribution in [0.15, 0.2) is 18.2 Å². The fourth-order valence-electron chi connectivity index (χ4n) is 2.48. The predicted molar refractivity (Wildman–Crippen MR) is 74.4 cm³/mol. The molecule has 0 saturated carbocycles. The van der Waals surface area contributed by atoms with Crippen LogP contribution in [0.3, 0.4) is 0 Å². The van der Waals surface area contributed by atoms with Gasteiger partial charge in [0.1, 0.15) is 11.9 Å². The lowest BCUT2D eigenvalue weighted by molar-refractivity contribution is 0.198. The molecule has 0 amide bonds. The molecule has 1 aromatic carbocycles. The van der Waals surface area contributed by atoms with E-state index in [-0.39, 0.29) is 5.56 Å². The maximum absolute atomic E-state index is 13.4. The number of nitriles is 1. The van der Waals surface area contributed by atoms with Crippen LogP contribution in [0.25, 0.3) is 0 Å². The highest BCUT2D eigenvalue weighted by atomic mass is 19.1. The summed E-state index contributed by atoms with van der Waals surface area (Å²) in [6, 6.07) is 6.53. The number of piperidine rings is 1. The number of anilines is 1. The van der Waals surface area contributed by atoms with E-state index in [2.05, 4.69) is 17.1 Å². The zero-order chi connectivity index (χ0) is 13.7. The van der Waals surface area contributed by atoms with E-state index in [9.17, 15) is 4.39 Å². The van der Waals surface area contributed by atoms with Gasteiger partial charge >= 0.3 is 0 Å². The minimum atomic E-state index is -0.451. The van der Waals surface area contributed by atoms with Crippen LogP contribution in [0.4, 0.5) is 10.1 Å². The maximum Gasteiger partial charge on any atom is 0.143 e. The lowest BCUT2D eigenvalue weighted by Gasteiger charge is -2.31. The van der Waals surface area contributed by atoms with Crippen molar-refractivity contribution in [1.82, 2.24) is 4.90 Å². The molecule has 0 radical (unpaired) electrons. The molecule has 0 aliphatic carbocycles. The number of benzene rings is 1. The highest BCUT2D eigenvalue weighted by molar-refractivity contribution is 5.48. The van der Waals surface area contributed by atoms with Crippen molar-refractivity contribution in [3.05, 3.63) is 29.6 Å². The monoisotopic (exact) mass is 261 g/mol. The molecule has 1 aliphatic heterocycles. The largest absolute Gasteiger partial charge is 0.385 e. The molecule has 0 unspecified atom stereocenters. The highest BCUT2D eigenvalue weighted by Crippen LogP contribution is 2.19. The quantitative estimate of drug-likeness (QED) is 0.906. The van der Waals surface area contributed by atoms with Crippen LogP contribution >= 0.6 is 0 Å². The SMILES string of the molecule is CCN1CCC(CNc2ccc(C#N)c(F)c2)CC1. The van der Waals surface area contributed by atoms with Gasteiger partial charge in [-0.3, -0.25) is 0 Å². The van der Waals surface area contributed by atoms with Crippen LogP contribution in [0.1, 0.15) is 25.3 Å². The third-order valence-corrected chi connectivity index (χ3v) is 3.84. The summed E-state index contributed by atoms with van der Waals surface area (Å²) >= 11 is 0. The van der Waals surface area contributed by atoms with Gasteiger partial charge in [-0.05, 0) is 56.6 Å². The minimum absolute atomic E-state index is 0.0989. The Kier molecular flexibility index (Phi) is 4.75. The first kappa shape index (κ1) is 13.8. The van der Waals surface area contributed by atoms with Gasteiger partial charge in [-0.1, -0.05) is 6.92 Å². The molecule has 0 atom stereocenters. The molecule has 1 heterocycles. The Hall–Kier alpha value is -1.60. The summed E-state index contributed by atoms with van der Waals surface area (Å²) in [5.41, 5.74) is 0.858. The lowest BCUT2D eigenvalue weighted by Crippen LogP contribution is -2.35. The first-order valence-electron chi connectivity index (χ1n) is 6.88. The van der Waals surface area contributed by atoms with Gasteiger partial charge in [-0.15, -0.1) is 0 Å². The summed E-state index contributed by atoms with van der Waals surface area (Å²) in [6.07, 6.45) is 2.39. The zero-order valence-electron chi connectivity index (χ0n) is 11.3. The molecule has 19 heavy (non-hydrogen) atoms. The summed E-state index contributed by atoms with van der Waals surface area (Å²) < 4.78 is 13.4. The van der Waals surface area contributed by atoms with Gasteiger partial charge in [0.05, 0.1) is 5.56 Å². The van der Waals surface area contributed by atoms with Crippen molar-refractivity contribution in [2.45, 2.75) is 19.8 Å². The Bertz CT molecular complexity index is 459. The molecule has 1 aliphatic rings. The van der Waals surface area contributed by atoms with E-state index in [1.54, 1.807) is 6.07 Å². The zero-order valence-corrected chi connectivity index (χ0v) is 11.3. The van der Waals surface area contributed by atoms with Crippen molar-refractivity contribution in [1.29, 1.82) is 5.26 Å². The number of hydrogen-bond donors (Lipinski definition) is 1. The molecule has 1 N–H and O–H groups in total. The smallest absolute Gasteiger partial charge is 0.143 e. The molecule has 3 nitrogen and oxygen atoms in total. The number of nitrogens with one attached hydrogen (secondary N) is 1. The summed E-state index contributed by atoms with van der Waals surface area (Å²) in [4.78, 5) is 2.46. The molecule has 1 fully saturated rings. The number of likely N-dealkylation sites (tertiary alicyclic amines) is 1.